The van der Waals surface area contributed by atoms with Gasteiger partial charge >= 0.3 is 0 Å². The maximum absolute atomic E-state index is 11.9. The first-order chi connectivity index (χ1) is 11.7. The Kier molecular flexibility index (Phi) is 7.69. The van der Waals surface area contributed by atoms with Crippen molar-refractivity contribution < 1.29 is 9.53 Å². The van der Waals surface area contributed by atoms with Crippen LogP contribution in [0.25, 0.3) is 0 Å². The van der Waals surface area contributed by atoms with E-state index in [1.807, 2.05) is 18.2 Å². The van der Waals surface area contributed by atoms with E-state index in [-0.39, 0.29) is 5.91 Å². The molecule has 3 nitrogen and oxygen atoms in total. The molecule has 0 aliphatic heterocycles. The maximum atomic E-state index is 11.9. The van der Waals surface area contributed by atoms with Crippen molar-refractivity contribution in [2.75, 3.05) is 19.4 Å². The van der Waals surface area contributed by atoms with Gasteiger partial charge in [0.1, 0.15) is 5.75 Å². The Bertz CT molecular complexity index is 658. The molecule has 0 heterocycles. The summed E-state index contributed by atoms with van der Waals surface area (Å²) in [6.45, 7) is 2.78. The first-order valence-electron chi connectivity index (χ1n) is 8.21. The van der Waals surface area contributed by atoms with Gasteiger partial charge in [-0.3, -0.25) is 4.79 Å². The molecule has 0 aromatic heterocycles. The zero-order chi connectivity index (χ0) is 17.2. The van der Waals surface area contributed by atoms with E-state index < -0.39 is 0 Å². The minimum atomic E-state index is 0.104. The van der Waals surface area contributed by atoms with Gasteiger partial charge in [0.05, 0.1) is 12.9 Å². The molecule has 2 aromatic rings. The number of carbonyl (C=O) groups is 1. The lowest BCUT2D eigenvalue weighted by molar-refractivity contribution is -0.118. The Balaban J connectivity index is 1.61. The second kappa shape index (κ2) is 10.0. The van der Waals surface area contributed by atoms with Crippen LogP contribution in [-0.2, 0) is 17.0 Å². The largest absolute Gasteiger partial charge is 0.496 e. The Labute approximate surface area is 148 Å². The van der Waals surface area contributed by atoms with Crippen LogP contribution >= 0.6 is 11.8 Å². The van der Waals surface area contributed by atoms with Crippen LogP contribution in [0.5, 0.6) is 5.75 Å². The van der Waals surface area contributed by atoms with Gasteiger partial charge in [0.2, 0.25) is 5.91 Å². The summed E-state index contributed by atoms with van der Waals surface area (Å²) in [7, 11) is 1.69. The van der Waals surface area contributed by atoms with Gasteiger partial charge < -0.3 is 10.1 Å². The predicted molar refractivity (Wildman–Crippen MR) is 102 cm³/mol. The number of amides is 1. The van der Waals surface area contributed by atoms with Crippen LogP contribution < -0.4 is 10.1 Å². The number of ether oxygens (including phenoxy) is 1. The molecule has 0 atom stereocenters. The van der Waals surface area contributed by atoms with Gasteiger partial charge in [-0.15, -0.1) is 11.8 Å². The molecular formula is C20H25NO2S. The van der Waals surface area contributed by atoms with Crippen LogP contribution in [0.15, 0.2) is 48.5 Å². The van der Waals surface area contributed by atoms with Crippen LogP contribution in [0.3, 0.4) is 0 Å². The molecule has 0 aliphatic rings. The molecule has 0 bridgehead atoms. The summed E-state index contributed by atoms with van der Waals surface area (Å²) in [5.41, 5.74) is 3.71. The quantitative estimate of drug-likeness (QED) is 0.700. The molecule has 0 saturated carbocycles. The number of carbonyl (C=O) groups excluding carboxylic acids is 1. The number of aryl methyl sites for hydroxylation is 2. The van der Waals surface area contributed by atoms with Crippen molar-refractivity contribution in [2.45, 2.75) is 25.5 Å². The highest BCUT2D eigenvalue weighted by molar-refractivity contribution is 7.99. The zero-order valence-corrected chi connectivity index (χ0v) is 15.2. The van der Waals surface area contributed by atoms with Crippen LogP contribution in [0.1, 0.15) is 23.1 Å². The highest BCUT2D eigenvalue weighted by Gasteiger charge is 2.04. The minimum Gasteiger partial charge on any atom is -0.496 e. The van der Waals surface area contributed by atoms with Crippen molar-refractivity contribution in [2.24, 2.45) is 0 Å². The van der Waals surface area contributed by atoms with Gasteiger partial charge in [-0.05, 0) is 37.0 Å². The second-order valence-corrected chi connectivity index (χ2v) is 6.73. The molecule has 1 amide bonds. The van der Waals surface area contributed by atoms with E-state index in [1.165, 1.54) is 16.7 Å². The zero-order valence-electron chi connectivity index (χ0n) is 14.4. The first kappa shape index (κ1) is 18.4. The van der Waals surface area contributed by atoms with Crippen molar-refractivity contribution in [3.05, 3.63) is 65.2 Å². The van der Waals surface area contributed by atoms with E-state index in [1.54, 1.807) is 18.9 Å². The summed E-state index contributed by atoms with van der Waals surface area (Å²) in [6.07, 6.45) is 1.81. The lowest BCUT2D eigenvalue weighted by atomic mass is 10.1. The molecule has 1 N–H and O–H groups in total. The summed E-state index contributed by atoms with van der Waals surface area (Å²) in [4.78, 5) is 11.9. The molecule has 24 heavy (non-hydrogen) atoms. The van der Waals surface area contributed by atoms with Gasteiger partial charge in [-0.25, -0.2) is 0 Å². The molecule has 0 aliphatic carbocycles. The van der Waals surface area contributed by atoms with E-state index in [9.17, 15) is 4.79 Å². The van der Waals surface area contributed by atoms with E-state index >= 15 is 0 Å². The molecule has 0 unspecified atom stereocenters. The third-order valence-corrected chi connectivity index (χ3v) is 4.73. The average molecular weight is 343 g/mol. The number of nitrogens with one attached hydrogen (secondary N) is 1. The summed E-state index contributed by atoms with van der Waals surface area (Å²) in [6, 6.07) is 16.4. The van der Waals surface area contributed by atoms with Gasteiger partial charge in [0, 0.05) is 12.3 Å². The molecule has 128 valence electrons. The maximum Gasteiger partial charge on any atom is 0.230 e. The second-order valence-electron chi connectivity index (χ2n) is 5.75. The van der Waals surface area contributed by atoms with Crippen molar-refractivity contribution in [3.63, 3.8) is 0 Å². The SMILES string of the molecule is COc1ccccc1CCCNC(=O)CSCc1cccc(C)c1. The molecule has 2 aromatic carbocycles. The number of hydrogen-bond acceptors (Lipinski definition) is 3. The summed E-state index contributed by atoms with van der Waals surface area (Å²) in [5, 5.41) is 2.99. The van der Waals surface area contributed by atoms with Gasteiger partial charge in [-0.1, -0.05) is 48.0 Å². The third-order valence-electron chi connectivity index (χ3n) is 3.72. The molecule has 0 saturated heterocycles. The third kappa shape index (κ3) is 6.28. The molecule has 0 radical (unpaired) electrons. The van der Waals surface area contributed by atoms with E-state index in [0.29, 0.717) is 12.3 Å². The summed E-state index contributed by atoms with van der Waals surface area (Å²) in [5.74, 6) is 2.39. The lowest BCUT2D eigenvalue weighted by Gasteiger charge is -2.09. The Morgan fingerprint density at radius 1 is 1.17 bits per heavy atom. The molecule has 2 rings (SSSR count). The lowest BCUT2D eigenvalue weighted by Crippen LogP contribution is -2.26. The number of thioether (sulfide) groups is 1. The minimum absolute atomic E-state index is 0.104. The Morgan fingerprint density at radius 2 is 2.00 bits per heavy atom. The highest BCUT2D eigenvalue weighted by atomic mass is 32.2. The average Bonchev–Trinajstić information content (AvgIpc) is 2.59. The van der Waals surface area contributed by atoms with Gasteiger partial charge in [0.25, 0.3) is 0 Å². The first-order valence-corrected chi connectivity index (χ1v) is 9.36. The smallest absolute Gasteiger partial charge is 0.230 e. The van der Waals surface area contributed by atoms with Crippen LogP contribution in [0.2, 0.25) is 0 Å². The fourth-order valence-corrected chi connectivity index (χ4v) is 3.34. The Morgan fingerprint density at radius 3 is 2.79 bits per heavy atom. The summed E-state index contributed by atoms with van der Waals surface area (Å²) >= 11 is 1.65. The molecular weight excluding hydrogens is 318 g/mol. The van der Waals surface area contributed by atoms with Crippen molar-refractivity contribution >= 4 is 17.7 Å². The summed E-state index contributed by atoms with van der Waals surface area (Å²) < 4.78 is 5.34. The molecule has 0 spiro atoms. The number of hydrogen-bond donors (Lipinski definition) is 1. The fourth-order valence-electron chi connectivity index (χ4n) is 2.53. The van der Waals surface area contributed by atoms with E-state index in [0.717, 1.165) is 24.3 Å². The predicted octanol–water partition coefficient (Wildman–Crippen LogP) is 3.99. The number of methoxy groups -OCH3 is 1. The van der Waals surface area contributed by atoms with Crippen molar-refractivity contribution in [1.82, 2.24) is 5.32 Å². The van der Waals surface area contributed by atoms with Crippen molar-refractivity contribution in [1.29, 1.82) is 0 Å². The molecule has 4 heteroatoms. The number of benzene rings is 2. The van der Waals surface area contributed by atoms with Crippen LogP contribution in [0.4, 0.5) is 0 Å². The monoisotopic (exact) mass is 343 g/mol. The number of rotatable bonds is 9. The van der Waals surface area contributed by atoms with E-state index in [4.69, 9.17) is 4.74 Å². The van der Waals surface area contributed by atoms with Gasteiger partial charge in [-0.2, -0.15) is 0 Å². The normalized spacial score (nSPS) is 10.4. The Hall–Kier alpha value is -1.94. The van der Waals surface area contributed by atoms with E-state index in [2.05, 4.69) is 42.6 Å². The highest BCUT2D eigenvalue weighted by Crippen LogP contribution is 2.18. The van der Waals surface area contributed by atoms with Crippen LogP contribution in [0, 0.1) is 6.92 Å². The van der Waals surface area contributed by atoms with Gasteiger partial charge in [0.15, 0.2) is 0 Å². The van der Waals surface area contributed by atoms with Crippen LogP contribution in [-0.4, -0.2) is 25.3 Å². The topological polar surface area (TPSA) is 38.3 Å². The fraction of sp³-hybridized carbons (Fsp3) is 0.350. The molecule has 0 fully saturated rings. The van der Waals surface area contributed by atoms with Crippen molar-refractivity contribution in [3.8, 4) is 5.75 Å². The number of para-hydroxylation sites is 1. The standard InChI is InChI=1S/C20H25NO2S/c1-16-7-5-8-17(13-16)14-24-15-20(22)21-12-6-10-18-9-3-4-11-19(18)23-2/h3-5,7-9,11,13H,6,10,12,14-15H2,1-2H3,(H,21,22).